The summed E-state index contributed by atoms with van der Waals surface area (Å²) in [7, 11) is 0. The molecule has 5 N–H and O–H groups in total. The van der Waals surface area contributed by atoms with Crippen LogP contribution in [0.2, 0.25) is 10.0 Å². The molecule has 2 aromatic heterocycles. The Morgan fingerprint density at radius 2 is 2.13 bits per heavy atom. The molecule has 2 aliphatic rings. The van der Waals surface area contributed by atoms with E-state index >= 15 is 0 Å². The van der Waals surface area contributed by atoms with Crippen LogP contribution in [-0.2, 0) is 12.2 Å². The van der Waals surface area contributed by atoms with Crippen molar-refractivity contribution in [2.45, 2.75) is 37.5 Å². The molecular formula is C20H22Cl2N8O. The van der Waals surface area contributed by atoms with E-state index in [-0.39, 0.29) is 17.6 Å². The van der Waals surface area contributed by atoms with Gasteiger partial charge in [-0.15, -0.1) is 0 Å². The lowest BCUT2D eigenvalue weighted by molar-refractivity contribution is 0.200. The normalized spacial score (nSPS) is 22.8. The van der Waals surface area contributed by atoms with Crippen molar-refractivity contribution in [1.82, 2.24) is 19.5 Å². The molecule has 0 spiro atoms. The van der Waals surface area contributed by atoms with Gasteiger partial charge in [0.05, 0.1) is 16.3 Å². The first-order chi connectivity index (χ1) is 14.9. The Labute approximate surface area is 188 Å². The summed E-state index contributed by atoms with van der Waals surface area (Å²) in [6, 6.07) is 9.77. The number of anilines is 2. The Morgan fingerprint density at radius 3 is 2.90 bits per heavy atom. The van der Waals surface area contributed by atoms with Crippen LogP contribution in [0.3, 0.4) is 0 Å². The summed E-state index contributed by atoms with van der Waals surface area (Å²) in [4.78, 5) is 10.6. The number of hydrogen-bond acceptors (Lipinski definition) is 8. The van der Waals surface area contributed by atoms with Crippen molar-refractivity contribution in [3.05, 3.63) is 63.6 Å². The lowest BCUT2D eigenvalue weighted by atomic mass is 9.96. The predicted molar refractivity (Wildman–Crippen MR) is 118 cm³/mol. The summed E-state index contributed by atoms with van der Waals surface area (Å²) in [5.74, 6) is 1.18. The second-order valence-corrected chi connectivity index (χ2v) is 8.72. The Kier molecular flexibility index (Phi) is 5.04. The zero-order chi connectivity index (χ0) is 21.6. The fourth-order valence-corrected chi connectivity index (χ4v) is 4.76. The van der Waals surface area contributed by atoms with E-state index in [1.807, 2.05) is 30.3 Å². The molecule has 0 saturated carbocycles. The molecule has 1 fully saturated rings. The summed E-state index contributed by atoms with van der Waals surface area (Å²) in [5.41, 5.74) is 9.42. The average Bonchev–Trinajstić information content (AvgIpc) is 3.46. The van der Waals surface area contributed by atoms with Crippen LogP contribution in [0.5, 0.6) is 0 Å². The first-order valence-electron chi connectivity index (χ1n) is 10.0. The number of nitrogen functional groups attached to an aromatic ring is 1. The largest absolute Gasteiger partial charge is 0.465 e. The highest BCUT2D eigenvalue weighted by Gasteiger charge is 2.45. The van der Waals surface area contributed by atoms with Gasteiger partial charge >= 0.3 is 0 Å². The highest BCUT2D eigenvalue weighted by molar-refractivity contribution is 6.42. The lowest BCUT2D eigenvalue weighted by Gasteiger charge is -2.34. The third kappa shape index (κ3) is 3.73. The van der Waals surface area contributed by atoms with Crippen LogP contribution in [0.25, 0.3) is 0 Å². The minimum absolute atomic E-state index is 0.0254. The second kappa shape index (κ2) is 7.74. The molecule has 2 unspecified atom stereocenters. The number of hydrogen-bond donors (Lipinski definition) is 4. The zero-order valence-corrected chi connectivity index (χ0v) is 18.1. The van der Waals surface area contributed by atoms with Crippen LogP contribution in [0, 0.1) is 5.41 Å². The van der Waals surface area contributed by atoms with Crippen molar-refractivity contribution in [1.29, 1.82) is 5.41 Å². The summed E-state index contributed by atoms with van der Waals surface area (Å²) < 4.78 is 7.28. The summed E-state index contributed by atoms with van der Waals surface area (Å²) >= 11 is 12.3. The molecule has 11 heteroatoms. The van der Waals surface area contributed by atoms with Crippen molar-refractivity contribution in [3.8, 4) is 0 Å². The van der Waals surface area contributed by atoms with Crippen LogP contribution in [-0.4, -0.2) is 32.1 Å². The molecule has 31 heavy (non-hydrogen) atoms. The van der Waals surface area contributed by atoms with Gasteiger partial charge in [0.1, 0.15) is 0 Å². The Hall–Kier alpha value is -2.75. The molecule has 2 atom stereocenters. The first kappa shape index (κ1) is 20.2. The smallest absolute Gasteiger partial charge is 0.247 e. The molecule has 4 heterocycles. The third-order valence-electron chi connectivity index (χ3n) is 5.84. The third-order valence-corrected chi connectivity index (χ3v) is 6.58. The van der Waals surface area contributed by atoms with Crippen molar-refractivity contribution in [3.63, 3.8) is 0 Å². The fourth-order valence-electron chi connectivity index (χ4n) is 4.44. The van der Waals surface area contributed by atoms with Gasteiger partial charge in [-0.05, 0) is 49.2 Å². The molecule has 5 rings (SSSR count). The molecule has 1 saturated heterocycles. The van der Waals surface area contributed by atoms with E-state index in [4.69, 9.17) is 38.8 Å². The fraction of sp³-hybridized carbons (Fsp3) is 0.350. The van der Waals surface area contributed by atoms with Gasteiger partial charge in [0.15, 0.2) is 11.4 Å². The zero-order valence-electron chi connectivity index (χ0n) is 16.6. The number of furan rings is 1. The Morgan fingerprint density at radius 1 is 1.26 bits per heavy atom. The molecule has 1 aromatic carbocycles. The van der Waals surface area contributed by atoms with Crippen molar-refractivity contribution >= 4 is 35.1 Å². The molecule has 9 nitrogen and oxygen atoms in total. The van der Waals surface area contributed by atoms with E-state index in [1.54, 1.807) is 6.26 Å². The number of nitrogens with one attached hydrogen (secondary N) is 3. The molecule has 0 aliphatic carbocycles. The van der Waals surface area contributed by atoms with E-state index in [0.29, 0.717) is 28.2 Å². The molecule has 0 bridgehead atoms. The van der Waals surface area contributed by atoms with Crippen LogP contribution in [0.15, 0.2) is 41.0 Å². The number of fused-ring (bicyclic) bond motifs is 1. The number of halogens is 2. The van der Waals surface area contributed by atoms with E-state index in [0.717, 1.165) is 31.5 Å². The van der Waals surface area contributed by atoms with Gasteiger partial charge in [-0.3, -0.25) is 15.7 Å². The Bertz CT molecular complexity index is 1160. The van der Waals surface area contributed by atoms with Crippen molar-refractivity contribution in [2.75, 3.05) is 23.0 Å². The maximum Gasteiger partial charge on any atom is 0.247 e. The van der Waals surface area contributed by atoms with Gasteiger partial charge in [0.2, 0.25) is 17.5 Å². The second-order valence-electron chi connectivity index (χ2n) is 7.90. The van der Waals surface area contributed by atoms with Gasteiger partial charge < -0.3 is 15.5 Å². The SMILES string of the molecule is N=c1nc(N)nc2n1NC(CC1CCCN1Cc1ccc(Cl)c(Cl)c1)(c1ccco1)N2. The van der Waals surface area contributed by atoms with Crippen LogP contribution in [0.4, 0.5) is 11.9 Å². The predicted octanol–water partition coefficient (Wildman–Crippen LogP) is 3.12. The molecule has 162 valence electrons. The monoisotopic (exact) mass is 460 g/mol. The molecular weight excluding hydrogens is 439 g/mol. The van der Waals surface area contributed by atoms with Crippen LogP contribution < -0.4 is 22.1 Å². The number of likely N-dealkylation sites (tertiary alicyclic amines) is 1. The number of nitrogens with zero attached hydrogens (tertiary/aromatic N) is 4. The van der Waals surface area contributed by atoms with Crippen LogP contribution in [0.1, 0.15) is 30.6 Å². The lowest BCUT2D eigenvalue weighted by Crippen LogP contribution is -2.47. The summed E-state index contributed by atoms with van der Waals surface area (Å²) in [5, 5.41) is 12.7. The minimum Gasteiger partial charge on any atom is -0.465 e. The molecule has 3 aromatic rings. The number of rotatable bonds is 5. The van der Waals surface area contributed by atoms with Gasteiger partial charge in [-0.2, -0.15) is 14.6 Å². The minimum atomic E-state index is -0.778. The van der Waals surface area contributed by atoms with Gasteiger partial charge in [-0.1, -0.05) is 29.3 Å². The quantitative estimate of drug-likeness (QED) is 0.461. The number of nitrogens with two attached hydrogens (primary N) is 1. The maximum absolute atomic E-state index is 8.17. The van der Waals surface area contributed by atoms with Gasteiger partial charge in [-0.25, -0.2) is 0 Å². The van der Waals surface area contributed by atoms with Gasteiger partial charge in [0, 0.05) is 19.0 Å². The first-order valence-corrected chi connectivity index (χ1v) is 10.8. The molecule has 0 amide bonds. The maximum atomic E-state index is 8.17. The summed E-state index contributed by atoms with van der Waals surface area (Å²) in [6.45, 7) is 1.75. The topological polar surface area (TPSA) is 121 Å². The van der Waals surface area contributed by atoms with E-state index in [1.165, 1.54) is 4.68 Å². The van der Waals surface area contributed by atoms with E-state index < -0.39 is 5.66 Å². The van der Waals surface area contributed by atoms with E-state index in [9.17, 15) is 0 Å². The molecule has 2 aliphatic heterocycles. The molecule has 0 radical (unpaired) electrons. The highest BCUT2D eigenvalue weighted by Crippen LogP contribution is 2.37. The summed E-state index contributed by atoms with van der Waals surface area (Å²) in [6.07, 6.45) is 4.45. The highest BCUT2D eigenvalue weighted by atomic mass is 35.5. The average molecular weight is 461 g/mol. The van der Waals surface area contributed by atoms with Crippen LogP contribution >= 0.6 is 23.2 Å². The standard InChI is InChI=1S/C20H22Cl2N8O/c21-14-6-5-12(9-15(14)22)11-29-7-1-3-13(29)10-20(16-4-2-8-31-16)27-19-26-17(23)25-18(24)30(19)28-20/h2,4-6,8-9,13,28H,1,3,7,10-11H2,(H4,23,24,25,26,27). The Balaban J connectivity index is 1.43. The van der Waals surface area contributed by atoms with Crippen molar-refractivity contribution in [2.24, 2.45) is 0 Å². The van der Waals surface area contributed by atoms with Crippen molar-refractivity contribution < 1.29 is 4.42 Å². The number of benzene rings is 1. The van der Waals surface area contributed by atoms with E-state index in [2.05, 4.69) is 25.6 Å². The number of aromatic nitrogens is 3. The van der Waals surface area contributed by atoms with Gasteiger partial charge in [0.25, 0.3) is 0 Å².